The van der Waals surface area contributed by atoms with E-state index in [1.807, 2.05) is 12.2 Å². The van der Waals surface area contributed by atoms with Crippen molar-refractivity contribution in [3.63, 3.8) is 0 Å². The molecule has 2 fully saturated rings. The molecule has 1 saturated heterocycles. The quantitative estimate of drug-likeness (QED) is 0.144. The molecule has 2 amide bonds. The Kier molecular flexibility index (Phi) is 5.88. The van der Waals surface area contributed by atoms with E-state index in [0.29, 0.717) is 0 Å². The molecule has 2 aliphatic carbocycles. The number of nitrogens with zero attached hydrogens (tertiary/aromatic N) is 3. The molecule has 174 valence electrons. The number of imide groups is 1. The molecule has 4 rings (SSSR count). The molecule has 0 spiro atoms. The summed E-state index contributed by atoms with van der Waals surface area (Å²) >= 11 is 0. The second kappa shape index (κ2) is 8.64. The lowest BCUT2D eigenvalue weighted by atomic mass is 9.85. The fourth-order valence-electron chi connectivity index (χ4n) is 4.70. The van der Waals surface area contributed by atoms with E-state index in [2.05, 4.69) is 5.10 Å². The van der Waals surface area contributed by atoms with Gasteiger partial charge in [0.25, 0.3) is 11.8 Å². The van der Waals surface area contributed by atoms with Gasteiger partial charge >= 0.3 is 11.7 Å². The Hall–Kier alpha value is -3.76. The number of hydrazone groups is 1. The third kappa shape index (κ3) is 3.83. The first-order valence-corrected chi connectivity index (χ1v) is 10.6. The first kappa shape index (κ1) is 22.4. The van der Waals surface area contributed by atoms with Gasteiger partial charge in [-0.3, -0.25) is 19.7 Å². The van der Waals surface area contributed by atoms with E-state index in [-0.39, 0.29) is 47.3 Å². The van der Waals surface area contributed by atoms with E-state index in [0.717, 1.165) is 17.5 Å². The van der Waals surface area contributed by atoms with Gasteiger partial charge in [0.15, 0.2) is 11.9 Å². The van der Waals surface area contributed by atoms with Crippen molar-refractivity contribution < 1.29 is 33.5 Å². The van der Waals surface area contributed by atoms with Crippen LogP contribution in [0.4, 0.5) is 5.69 Å². The van der Waals surface area contributed by atoms with Crippen molar-refractivity contribution in [1.29, 1.82) is 0 Å². The van der Waals surface area contributed by atoms with Crippen molar-refractivity contribution >= 4 is 29.7 Å². The monoisotopic (exact) mass is 457 g/mol. The lowest BCUT2D eigenvalue weighted by Crippen LogP contribution is -2.28. The van der Waals surface area contributed by atoms with Crippen molar-refractivity contribution in [2.75, 3.05) is 13.7 Å². The summed E-state index contributed by atoms with van der Waals surface area (Å²) in [6.45, 7) is 3.17. The Morgan fingerprint density at radius 1 is 1.27 bits per heavy atom. The van der Waals surface area contributed by atoms with Gasteiger partial charge in [-0.2, -0.15) is 10.1 Å². The summed E-state index contributed by atoms with van der Waals surface area (Å²) in [5, 5.41) is 16.6. The molecule has 0 N–H and O–H groups in total. The Labute approximate surface area is 189 Å². The molecule has 0 unspecified atom stereocenters. The van der Waals surface area contributed by atoms with Crippen LogP contribution >= 0.6 is 0 Å². The van der Waals surface area contributed by atoms with Crippen LogP contribution in [0.15, 0.2) is 29.4 Å². The second-order valence-corrected chi connectivity index (χ2v) is 8.07. The van der Waals surface area contributed by atoms with Gasteiger partial charge in [-0.05, 0) is 38.2 Å². The topological polar surface area (TPSA) is 138 Å². The Morgan fingerprint density at radius 3 is 2.45 bits per heavy atom. The van der Waals surface area contributed by atoms with Crippen LogP contribution in [0.1, 0.15) is 25.8 Å². The summed E-state index contributed by atoms with van der Waals surface area (Å²) in [4.78, 5) is 48.4. The molecule has 1 heterocycles. The Balaban J connectivity index is 1.60. The van der Waals surface area contributed by atoms with Crippen LogP contribution in [0.25, 0.3) is 0 Å². The smallest absolute Gasteiger partial charge is 0.347 e. The molecule has 1 saturated carbocycles. The normalized spacial score (nSPS) is 26.1. The predicted molar refractivity (Wildman–Crippen MR) is 114 cm³/mol. The number of benzene rings is 1. The first-order chi connectivity index (χ1) is 15.8. The summed E-state index contributed by atoms with van der Waals surface area (Å²) in [7, 11) is 1.29. The van der Waals surface area contributed by atoms with E-state index in [4.69, 9.17) is 14.2 Å². The van der Waals surface area contributed by atoms with Crippen LogP contribution in [0.3, 0.4) is 0 Å². The van der Waals surface area contributed by atoms with Crippen molar-refractivity contribution in [2.45, 2.75) is 26.4 Å². The minimum Gasteiger partial charge on any atom is -0.493 e. The lowest BCUT2D eigenvalue weighted by Gasteiger charge is -2.16. The van der Waals surface area contributed by atoms with Crippen LogP contribution in [0.2, 0.25) is 0 Å². The number of carbonyl (C=O) groups is 3. The average molecular weight is 457 g/mol. The Morgan fingerprint density at radius 2 is 1.91 bits per heavy atom. The standard InChI is InChI=1S/C22H23N3O8/c1-4-32-22(28)11(2)33-19-15(25(29)30)7-12(8-16(19)31-3)10-23-24-20(26)17-13-5-6-14(9-13)18(17)21(24)27/h5-8,10-11,13-14,17-18H,4,9H2,1-3H3/t11-,13+,14+,17-,18+/m1/s1. The van der Waals surface area contributed by atoms with Gasteiger partial charge in [0, 0.05) is 11.6 Å². The molecule has 5 atom stereocenters. The second-order valence-electron chi connectivity index (χ2n) is 8.07. The van der Waals surface area contributed by atoms with Gasteiger partial charge in [0.05, 0.1) is 36.7 Å². The number of allylic oxidation sites excluding steroid dienone is 2. The molecule has 1 aromatic rings. The summed E-state index contributed by atoms with van der Waals surface area (Å²) in [6.07, 6.45) is 4.85. The molecule has 3 aliphatic rings. The predicted octanol–water partition coefficient (Wildman–Crippen LogP) is 2.07. The highest BCUT2D eigenvalue weighted by molar-refractivity contribution is 6.06. The average Bonchev–Trinajstić information content (AvgIpc) is 3.47. The highest BCUT2D eigenvalue weighted by atomic mass is 16.6. The molecule has 11 nitrogen and oxygen atoms in total. The van der Waals surface area contributed by atoms with E-state index in [1.54, 1.807) is 6.92 Å². The molecule has 1 aliphatic heterocycles. The molecular weight excluding hydrogens is 434 g/mol. The van der Waals surface area contributed by atoms with Gasteiger partial charge < -0.3 is 14.2 Å². The molecule has 11 heteroatoms. The van der Waals surface area contributed by atoms with Crippen LogP contribution < -0.4 is 9.47 Å². The zero-order valence-electron chi connectivity index (χ0n) is 18.3. The van der Waals surface area contributed by atoms with Gasteiger partial charge in [0.1, 0.15) is 0 Å². The SMILES string of the molecule is CCOC(=O)[C@@H](C)Oc1c(OC)cc(C=NN2C(=O)[C@@H]3[C@H](C2=O)[C@H]2C=C[C@H]3C2)cc1[N+](=O)[O-]. The third-order valence-electron chi connectivity index (χ3n) is 6.16. The minimum absolute atomic E-state index is 0.0139. The van der Waals surface area contributed by atoms with Crippen molar-refractivity contribution in [3.8, 4) is 11.5 Å². The third-order valence-corrected chi connectivity index (χ3v) is 6.16. The van der Waals surface area contributed by atoms with E-state index in [1.165, 1.54) is 26.3 Å². The molecule has 0 aromatic heterocycles. The highest BCUT2D eigenvalue weighted by Gasteiger charge is 2.59. The number of nitro groups is 1. The largest absolute Gasteiger partial charge is 0.493 e. The molecule has 2 bridgehead atoms. The number of ether oxygens (including phenoxy) is 3. The number of amides is 2. The number of rotatable bonds is 8. The van der Waals surface area contributed by atoms with Crippen molar-refractivity contribution in [3.05, 3.63) is 40.0 Å². The lowest BCUT2D eigenvalue weighted by molar-refractivity contribution is -0.386. The van der Waals surface area contributed by atoms with Crippen LogP contribution in [0, 0.1) is 33.8 Å². The van der Waals surface area contributed by atoms with Crippen LogP contribution in [-0.2, 0) is 19.1 Å². The fraction of sp³-hybridized carbons (Fsp3) is 0.455. The zero-order valence-corrected chi connectivity index (χ0v) is 18.3. The highest BCUT2D eigenvalue weighted by Crippen LogP contribution is 2.52. The number of esters is 1. The number of nitro benzene ring substituents is 1. The van der Waals surface area contributed by atoms with E-state index < -0.39 is 34.5 Å². The number of carbonyl (C=O) groups excluding carboxylic acids is 3. The summed E-state index contributed by atoms with van der Waals surface area (Å²) in [5.74, 6) is -2.34. The maximum Gasteiger partial charge on any atom is 0.347 e. The summed E-state index contributed by atoms with van der Waals surface area (Å²) in [5.41, 5.74) is -0.251. The maximum atomic E-state index is 12.8. The fourth-order valence-corrected chi connectivity index (χ4v) is 4.70. The summed E-state index contributed by atoms with van der Waals surface area (Å²) < 4.78 is 15.6. The van der Waals surface area contributed by atoms with E-state index in [9.17, 15) is 24.5 Å². The molecule has 33 heavy (non-hydrogen) atoms. The number of fused-ring (bicyclic) bond motifs is 5. The summed E-state index contributed by atoms with van der Waals surface area (Å²) in [6, 6.07) is 2.57. The van der Waals surface area contributed by atoms with Crippen molar-refractivity contribution in [2.24, 2.45) is 28.8 Å². The van der Waals surface area contributed by atoms with Crippen LogP contribution in [-0.4, -0.2) is 53.8 Å². The first-order valence-electron chi connectivity index (χ1n) is 10.6. The molecule has 1 aromatic carbocycles. The van der Waals surface area contributed by atoms with Gasteiger partial charge in [-0.1, -0.05) is 12.2 Å². The van der Waals surface area contributed by atoms with Gasteiger partial charge in [-0.15, -0.1) is 0 Å². The van der Waals surface area contributed by atoms with Gasteiger partial charge in [0.2, 0.25) is 5.75 Å². The Bertz CT molecular complexity index is 1050. The minimum atomic E-state index is -1.11. The van der Waals surface area contributed by atoms with Gasteiger partial charge in [-0.25, -0.2) is 4.79 Å². The van der Waals surface area contributed by atoms with Crippen molar-refractivity contribution in [1.82, 2.24) is 5.01 Å². The zero-order chi connectivity index (χ0) is 23.9. The molecule has 0 radical (unpaired) electrons. The van der Waals surface area contributed by atoms with E-state index >= 15 is 0 Å². The van der Waals surface area contributed by atoms with Crippen LogP contribution in [0.5, 0.6) is 11.5 Å². The molecular formula is C22H23N3O8. The number of hydrogen-bond acceptors (Lipinski definition) is 9. The number of hydrogen-bond donors (Lipinski definition) is 0. The number of methoxy groups -OCH3 is 1. The maximum absolute atomic E-state index is 12.8.